The monoisotopic (exact) mass is 596 g/mol. The second-order valence-electron chi connectivity index (χ2n) is 9.76. The van der Waals surface area contributed by atoms with E-state index in [-0.39, 0.29) is 0 Å². The number of aromatic nitrogens is 2. The van der Waals surface area contributed by atoms with E-state index in [0.29, 0.717) is 17.2 Å². The van der Waals surface area contributed by atoms with Crippen molar-refractivity contribution in [3.8, 4) is 49.9 Å². The molecule has 1 fully saturated rings. The minimum absolute atomic E-state index is 0.581. The van der Waals surface area contributed by atoms with Crippen LogP contribution in [0, 0.1) is 6.92 Å². The quantitative estimate of drug-likeness (QED) is 0.220. The van der Waals surface area contributed by atoms with Gasteiger partial charge in [-0.05, 0) is 31.2 Å². The van der Waals surface area contributed by atoms with Crippen molar-refractivity contribution in [3.05, 3.63) is 52.0 Å². The molecule has 0 radical (unpaired) electrons. The summed E-state index contributed by atoms with van der Waals surface area (Å²) in [6.45, 7) is 7.61. The van der Waals surface area contributed by atoms with Crippen LogP contribution in [0.4, 0.5) is 0 Å². The Balaban J connectivity index is 1.17. The Kier molecular flexibility index (Phi) is 9.29. The first-order valence-corrected chi connectivity index (χ1v) is 15.1. The highest BCUT2D eigenvalue weighted by atomic mass is 32.1. The zero-order chi connectivity index (χ0) is 28.9. The topological polar surface area (TPSA) is 78.4 Å². The second kappa shape index (κ2) is 13.1. The van der Waals surface area contributed by atoms with Gasteiger partial charge in [0.15, 0.2) is 11.5 Å². The molecule has 0 atom stereocenters. The normalized spacial score (nSPS) is 14.2. The van der Waals surface area contributed by atoms with Crippen LogP contribution >= 0.6 is 22.7 Å². The molecule has 4 aromatic rings. The molecular weight excluding hydrogens is 560 g/mol. The highest BCUT2D eigenvalue weighted by Gasteiger charge is 2.21. The summed E-state index contributed by atoms with van der Waals surface area (Å²) >= 11 is 3.28. The molecule has 3 heterocycles. The minimum atomic E-state index is 0.581. The van der Waals surface area contributed by atoms with Gasteiger partial charge in [-0.25, -0.2) is 9.97 Å². The van der Waals surface area contributed by atoms with Crippen LogP contribution in [0.1, 0.15) is 17.0 Å². The molecular formula is C30H36N4O5S2. The molecule has 5 rings (SSSR count). The van der Waals surface area contributed by atoms with Crippen LogP contribution in [0.25, 0.3) is 21.1 Å². The van der Waals surface area contributed by atoms with Crippen LogP contribution in [0.5, 0.6) is 28.7 Å². The number of thiazole rings is 2. The molecule has 0 N–H and O–H groups in total. The van der Waals surface area contributed by atoms with Gasteiger partial charge in [0.25, 0.3) is 0 Å². The van der Waals surface area contributed by atoms with Gasteiger partial charge in [-0.3, -0.25) is 9.80 Å². The lowest BCUT2D eigenvalue weighted by Crippen LogP contribution is -2.45. The summed E-state index contributed by atoms with van der Waals surface area (Å²) in [4.78, 5) is 14.8. The van der Waals surface area contributed by atoms with Crippen molar-refractivity contribution >= 4 is 22.7 Å². The zero-order valence-electron chi connectivity index (χ0n) is 24.4. The number of ether oxygens (including phenoxy) is 5. The van der Waals surface area contributed by atoms with Gasteiger partial charge in [0, 0.05) is 66.7 Å². The fourth-order valence-electron chi connectivity index (χ4n) is 5.00. The number of nitrogens with zero attached hydrogens (tertiary/aromatic N) is 4. The Labute approximate surface area is 249 Å². The maximum Gasteiger partial charge on any atom is 0.203 e. The van der Waals surface area contributed by atoms with Gasteiger partial charge in [0.1, 0.15) is 21.5 Å². The van der Waals surface area contributed by atoms with Crippen LogP contribution in [0.2, 0.25) is 0 Å². The van der Waals surface area contributed by atoms with Crippen LogP contribution in [-0.4, -0.2) is 81.5 Å². The van der Waals surface area contributed by atoms with Crippen molar-refractivity contribution in [3.63, 3.8) is 0 Å². The molecule has 0 saturated carbocycles. The first-order chi connectivity index (χ1) is 20.0. The van der Waals surface area contributed by atoms with Crippen molar-refractivity contribution in [1.29, 1.82) is 0 Å². The lowest BCUT2D eigenvalue weighted by Gasteiger charge is -2.33. The van der Waals surface area contributed by atoms with Crippen LogP contribution < -0.4 is 23.7 Å². The third-order valence-electron chi connectivity index (χ3n) is 7.25. The average molecular weight is 597 g/mol. The van der Waals surface area contributed by atoms with E-state index in [1.165, 1.54) is 0 Å². The predicted molar refractivity (Wildman–Crippen MR) is 163 cm³/mol. The molecule has 1 aliphatic heterocycles. The lowest BCUT2D eigenvalue weighted by atomic mass is 10.1. The molecule has 2 aromatic heterocycles. The lowest BCUT2D eigenvalue weighted by molar-refractivity contribution is 0.120. The largest absolute Gasteiger partial charge is 0.496 e. The van der Waals surface area contributed by atoms with Crippen LogP contribution in [0.15, 0.2) is 35.0 Å². The molecule has 2 aromatic carbocycles. The summed E-state index contributed by atoms with van der Waals surface area (Å²) in [6, 6.07) is 7.95. The second-order valence-corrected chi connectivity index (χ2v) is 11.5. The van der Waals surface area contributed by atoms with Crippen molar-refractivity contribution in [2.24, 2.45) is 0 Å². The zero-order valence-corrected chi connectivity index (χ0v) is 26.0. The first-order valence-electron chi connectivity index (χ1n) is 13.3. The molecule has 1 saturated heterocycles. The highest BCUT2D eigenvalue weighted by molar-refractivity contribution is 7.13. The Morgan fingerprint density at radius 3 is 1.37 bits per heavy atom. The number of rotatable bonds is 11. The van der Waals surface area contributed by atoms with E-state index in [1.807, 2.05) is 31.2 Å². The van der Waals surface area contributed by atoms with E-state index in [4.69, 9.17) is 33.7 Å². The van der Waals surface area contributed by atoms with E-state index in [2.05, 4.69) is 20.6 Å². The van der Waals surface area contributed by atoms with Gasteiger partial charge in [-0.1, -0.05) is 0 Å². The van der Waals surface area contributed by atoms with E-state index in [1.54, 1.807) is 58.2 Å². The number of piperazine rings is 1. The highest BCUT2D eigenvalue weighted by Crippen LogP contribution is 2.42. The minimum Gasteiger partial charge on any atom is -0.496 e. The molecule has 0 unspecified atom stereocenters. The van der Waals surface area contributed by atoms with Crippen LogP contribution in [-0.2, 0) is 13.1 Å². The molecule has 0 bridgehead atoms. The number of methoxy groups -OCH3 is 5. The summed E-state index contributed by atoms with van der Waals surface area (Å²) in [5.74, 6) is 3.45. The Morgan fingerprint density at radius 1 is 0.610 bits per heavy atom. The summed E-state index contributed by atoms with van der Waals surface area (Å²) in [5.41, 5.74) is 5.11. The Bertz CT molecular complexity index is 1430. The molecule has 0 aliphatic carbocycles. The van der Waals surface area contributed by atoms with E-state index >= 15 is 0 Å². The van der Waals surface area contributed by atoms with E-state index < -0.39 is 0 Å². The van der Waals surface area contributed by atoms with Gasteiger partial charge in [-0.2, -0.15) is 0 Å². The fraction of sp³-hybridized carbons (Fsp3) is 0.400. The number of hydrogen-bond acceptors (Lipinski definition) is 11. The SMILES string of the molecule is COc1cc(-c2nc(CN3CCN(Cc4csc(-c5cc(OC)c(OC)c(OC)c5)n4)CC3)cs2)cc(OC)c1C. The molecule has 11 heteroatoms. The number of hydrogen-bond donors (Lipinski definition) is 0. The fourth-order valence-corrected chi connectivity index (χ4v) is 6.60. The van der Waals surface area contributed by atoms with Crippen molar-refractivity contribution < 1.29 is 23.7 Å². The maximum absolute atomic E-state index is 5.55. The van der Waals surface area contributed by atoms with Gasteiger partial charge in [0.05, 0.1) is 46.9 Å². The standard InChI is InChI=1S/C30H36N4O5S2/c1-19-24(35-2)11-20(12-25(19)36-3)29-31-22(17-40-29)15-33-7-9-34(10-8-33)16-23-18-41-30(32-23)21-13-26(37-4)28(39-6)27(14-21)38-5/h11-14,17-18H,7-10,15-16H2,1-6H3. The molecule has 41 heavy (non-hydrogen) atoms. The van der Waals surface area contributed by atoms with Crippen molar-refractivity contribution in [2.75, 3.05) is 61.7 Å². The number of benzene rings is 2. The van der Waals surface area contributed by atoms with Crippen molar-refractivity contribution in [1.82, 2.24) is 19.8 Å². The third kappa shape index (κ3) is 6.43. The van der Waals surface area contributed by atoms with Gasteiger partial charge < -0.3 is 23.7 Å². The van der Waals surface area contributed by atoms with Crippen molar-refractivity contribution in [2.45, 2.75) is 20.0 Å². The molecule has 218 valence electrons. The molecule has 1 aliphatic rings. The summed E-state index contributed by atoms with van der Waals surface area (Å²) in [5, 5.41) is 6.19. The third-order valence-corrected chi connectivity index (χ3v) is 9.13. The Morgan fingerprint density at radius 2 is 1.00 bits per heavy atom. The van der Waals surface area contributed by atoms with E-state index in [0.717, 1.165) is 88.9 Å². The predicted octanol–water partition coefficient (Wildman–Crippen LogP) is 5.60. The Hall–Kier alpha value is -3.38. The molecule has 0 spiro atoms. The van der Waals surface area contributed by atoms with Gasteiger partial charge in [0.2, 0.25) is 5.75 Å². The van der Waals surface area contributed by atoms with Crippen LogP contribution in [0.3, 0.4) is 0 Å². The summed E-state index contributed by atoms with van der Waals surface area (Å²) in [6.07, 6.45) is 0. The van der Waals surface area contributed by atoms with E-state index in [9.17, 15) is 0 Å². The van der Waals surface area contributed by atoms with Gasteiger partial charge >= 0.3 is 0 Å². The van der Waals surface area contributed by atoms with Gasteiger partial charge in [-0.15, -0.1) is 22.7 Å². The maximum atomic E-state index is 5.55. The average Bonchev–Trinajstić information content (AvgIpc) is 3.67. The summed E-state index contributed by atoms with van der Waals surface area (Å²) in [7, 11) is 8.22. The first kappa shape index (κ1) is 29.1. The summed E-state index contributed by atoms with van der Waals surface area (Å²) < 4.78 is 27.6. The molecule has 9 nitrogen and oxygen atoms in total. The smallest absolute Gasteiger partial charge is 0.203 e. The molecule has 0 amide bonds.